The molecule has 27 heavy (non-hydrogen) atoms. The van der Waals surface area contributed by atoms with Gasteiger partial charge in [0.05, 0.1) is 15.7 Å². The Morgan fingerprint density at radius 3 is 2.52 bits per heavy atom. The Hall–Kier alpha value is -1.51. The van der Waals surface area contributed by atoms with E-state index in [-0.39, 0.29) is 17.5 Å². The SMILES string of the molecule is CCOc1cc(C(=O)N2CCN(C(=O)OC(C)(C)C)CC23CC3)ccc1I. The third kappa shape index (κ3) is 4.50. The largest absolute Gasteiger partial charge is 0.493 e. The van der Waals surface area contributed by atoms with Gasteiger partial charge in [-0.15, -0.1) is 0 Å². The molecule has 1 saturated carbocycles. The monoisotopic (exact) mass is 486 g/mol. The van der Waals surface area contributed by atoms with Crippen LogP contribution in [0, 0.1) is 3.57 Å². The Balaban J connectivity index is 1.73. The fourth-order valence-electron chi connectivity index (χ4n) is 3.41. The number of carbonyl (C=O) groups excluding carboxylic acids is 2. The highest BCUT2D eigenvalue weighted by Gasteiger charge is 2.54. The van der Waals surface area contributed by atoms with Crippen LogP contribution in [0.3, 0.4) is 0 Å². The molecule has 1 spiro atoms. The summed E-state index contributed by atoms with van der Waals surface area (Å²) in [4.78, 5) is 29.2. The maximum atomic E-state index is 13.2. The minimum Gasteiger partial charge on any atom is -0.493 e. The Morgan fingerprint density at radius 1 is 1.22 bits per heavy atom. The average Bonchev–Trinajstić information content (AvgIpc) is 3.34. The lowest BCUT2D eigenvalue weighted by atomic mass is 10.1. The number of halogens is 1. The number of piperazine rings is 1. The number of rotatable bonds is 3. The van der Waals surface area contributed by atoms with Crippen molar-refractivity contribution in [1.29, 1.82) is 0 Å². The standard InChI is InChI=1S/C20H27IN2O4/c1-5-26-16-12-14(6-7-15(16)21)17(24)23-11-10-22(13-20(23)8-9-20)18(25)27-19(2,3)4/h6-7,12H,5,8-11,13H2,1-4H3. The van der Waals surface area contributed by atoms with Gasteiger partial charge in [-0.3, -0.25) is 4.79 Å². The van der Waals surface area contributed by atoms with E-state index in [1.165, 1.54) is 0 Å². The molecule has 148 valence electrons. The summed E-state index contributed by atoms with van der Waals surface area (Å²) in [6.07, 6.45) is 1.54. The summed E-state index contributed by atoms with van der Waals surface area (Å²) in [5.41, 5.74) is -0.130. The number of benzene rings is 1. The zero-order valence-corrected chi connectivity index (χ0v) is 18.5. The van der Waals surface area contributed by atoms with E-state index in [9.17, 15) is 9.59 Å². The molecule has 1 saturated heterocycles. The Bertz CT molecular complexity index is 740. The normalized spacial score (nSPS) is 18.4. The molecule has 6 nitrogen and oxygen atoms in total. The van der Waals surface area contributed by atoms with Crippen molar-refractivity contribution in [2.45, 2.75) is 51.7 Å². The maximum absolute atomic E-state index is 13.2. The zero-order valence-electron chi connectivity index (χ0n) is 16.4. The molecule has 2 amide bonds. The van der Waals surface area contributed by atoms with E-state index in [1.807, 2.05) is 50.8 Å². The number of nitrogens with zero attached hydrogens (tertiary/aromatic N) is 2. The van der Waals surface area contributed by atoms with Crippen molar-refractivity contribution in [1.82, 2.24) is 9.80 Å². The van der Waals surface area contributed by atoms with Gasteiger partial charge in [0, 0.05) is 25.2 Å². The molecule has 0 aromatic heterocycles. The van der Waals surface area contributed by atoms with Crippen molar-refractivity contribution in [2.75, 3.05) is 26.2 Å². The summed E-state index contributed by atoms with van der Waals surface area (Å²) in [5.74, 6) is 0.745. The van der Waals surface area contributed by atoms with Gasteiger partial charge in [0.25, 0.3) is 5.91 Å². The van der Waals surface area contributed by atoms with Crippen molar-refractivity contribution >= 4 is 34.6 Å². The molecule has 1 aliphatic heterocycles. The lowest BCUT2D eigenvalue weighted by molar-refractivity contribution is 0.000631. The lowest BCUT2D eigenvalue weighted by Gasteiger charge is -2.42. The van der Waals surface area contributed by atoms with Crippen molar-refractivity contribution in [3.05, 3.63) is 27.3 Å². The van der Waals surface area contributed by atoms with E-state index in [0.717, 1.165) is 22.2 Å². The molecule has 0 N–H and O–H groups in total. The number of carbonyl (C=O) groups is 2. The van der Waals surface area contributed by atoms with Crippen molar-refractivity contribution in [2.24, 2.45) is 0 Å². The molecular formula is C20H27IN2O4. The highest BCUT2D eigenvalue weighted by Crippen LogP contribution is 2.45. The van der Waals surface area contributed by atoms with Crippen LogP contribution in [0.15, 0.2) is 18.2 Å². The summed E-state index contributed by atoms with van der Waals surface area (Å²) in [6.45, 7) is 9.64. The first-order valence-corrected chi connectivity index (χ1v) is 10.5. The third-order valence-electron chi connectivity index (χ3n) is 4.85. The first-order valence-electron chi connectivity index (χ1n) is 9.37. The molecule has 1 aromatic rings. The average molecular weight is 486 g/mol. The second kappa shape index (κ2) is 7.48. The lowest BCUT2D eigenvalue weighted by Crippen LogP contribution is -2.58. The summed E-state index contributed by atoms with van der Waals surface area (Å²) in [6, 6.07) is 5.59. The van der Waals surface area contributed by atoms with E-state index in [0.29, 0.717) is 31.8 Å². The van der Waals surface area contributed by atoms with Gasteiger partial charge in [-0.05, 0) is 81.3 Å². The Kier molecular flexibility index (Phi) is 5.61. The van der Waals surface area contributed by atoms with E-state index < -0.39 is 5.60 Å². The second-order valence-corrected chi connectivity index (χ2v) is 9.32. The number of amides is 2. The van der Waals surface area contributed by atoms with Gasteiger partial charge >= 0.3 is 6.09 Å². The van der Waals surface area contributed by atoms with Gasteiger partial charge in [-0.25, -0.2) is 4.79 Å². The minimum atomic E-state index is -0.516. The van der Waals surface area contributed by atoms with Gasteiger partial charge in [0.2, 0.25) is 0 Å². The molecule has 1 heterocycles. The van der Waals surface area contributed by atoms with E-state index in [4.69, 9.17) is 9.47 Å². The van der Waals surface area contributed by atoms with Crippen LogP contribution >= 0.6 is 22.6 Å². The molecule has 2 aliphatic rings. The summed E-state index contributed by atoms with van der Waals surface area (Å²) in [5, 5.41) is 0. The molecule has 0 atom stereocenters. The molecule has 3 rings (SSSR count). The van der Waals surface area contributed by atoms with Gasteiger partial charge < -0.3 is 19.3 Å². The first kappa shape index (κ1) is 20.2. The van der Waals surface area contributed by atoms with Gasteiger partial charge in [0.1, 0.15) is 11.4 Å². The first-order chi connectivity index (χ1) is 12.6. The topological polar surface area (TPSA) is 59.1 Å². The summed E-state index contributed by atoms with van der Waals surface area (Å²) >= 11 is 2.21. The van der Waals surface area contributed by atoms with Crippen LogP contribution in [0.2, 0.25) is 0 Å². The molecule has 7 heteroatoms. The quantitative estimate of drug-likeness (QED) is 0.608. The van der Waals surface area contributed by atoms with Gasteiger partial charge in [0.15, 0.2) is 0 Å². The summed E-state index contributed by atoms with van der Waals surface area (Å²) < 4.78 is 12.1. The molecular weight excluding hydrogens is 459 g/mol. The van der Waals surface area contributed by atoms with Crippen LogP contribution in [0.4, 0.5) is 4.79 Å². The van der Waals surface area contributed by atoms with Gasteiger partial charge in [-0.2, -0.15) is 0 Å². The molecule has 0 unspecified atom stereocenters. The van der Waals surface area contributed by atoms with Crippen LogP contribution in [-0.2, 0) is 4.74 Å². The predicted octanol–water partition coefficient (Wildman–Crippen LogP) is 3.92. The fourth-order valence-corrected chi connectivity index (χ4v) is 3.90. The fraction of sp³-hybridized carbons (Fsp3) is 0.600. The van der Waals surface area contributed by atoms with E-state index in [1.54, 1.807) is 4.90 Å². The van der Waals surface area contributed by atoms with Crippen LogP contribution in [-0.4, -0.2) is 59.2 Å². The molecule has 0 bridgehead atoms. The van der Waals surface area contributed by atoms with Crippen LogP contribution in [0.5, 0.6) is 5.75 Å². The molecule has 0 radical (unpaired) electrons. The Labute approximate surface area is 174 Å². The highest BCUT2D eigenvalue weighted by molar-refractivity contribution is 14.1. The zero-order chi connectivity index (χ0) is 19.8. The molecule has 1 aromatic carbocycles. The number of ether oxygens (including phenoxy) is 2. The Morgan fingerprint density at radius 2 is 1.93 bits per heavy atom. The van der Waals surface area contributed by atoms with E-state index >= 15 is 0 Å². The van der Waals surface area contributed by atoms with Gasteiger partial charge in [-0.1, -0.05) is 0 Å². The molecule has 1 aliphatic carbocycles. The molecule has 2 fully saturated rings. The number of hydrogen-bond donors (Lipinski definition) is 0. The van der Waals surface area contributed by atoms with Crippen molar-refractivity contribution in [3.8, 4) is 5.75 Å². The van der Waals surface area contributed by atoms with Crippen LogP contribution in [0.1, 0.15) is 50.9 Å². The van der Waals surface area contributed by atoms with Crippen molar-refractivity contribution < 1.29 is 19.1 Å². The van der Waals surface area contributed by atoms with Crippen molar-refractivity contribution in [3.63, 3.8) is 0 Å². The highest BCUT2D eigenvalue weighted by atomic mass is 127. The number of hydrogen-bond acceptors (Lipinski definition) is 4. The third-order valence-corrected chi connectivity index (χ3v) is 5.74. The second-order valence-electron chi connectivity index (χ2n) is 8.16. The summed E-state index contributed by atoms with van der Waals surface area (Å²) in [7, 11) is 0. The minimum absolute atomic E-state index is 0.00805. The van der Waals surface area contributed by atoms with E-state index in [2.05, 4.69) is 22.6 Å². The van der Waals surface area contributed by atoms with Crippen LogP contribution < -0.4 is 4.74 Å². The smallest absolute Gasteiger partial charge is 0.410 e. The predicted molar refractivity (Wildman–Crippen MR) is 111 cm³/mol. The maximum Gasteiger partial charge on any atom is 0.410 e. The van der Waals surface area contributed by atoms with Crippen LogP contribution in [0.25, 0.3) is 0 Å².